The summed E-state index contributed by atoms with van der Waals surface area (Å²) in [5.41, 5.74) is 2.35. The van der Waals surface area contributed by atoms with Crippen molar-refractivity contribution in [2.75, 3.05) is 0 Å². The van der Waals surface area contributed by atoms with E-state index in [4.69, 9.17) is 8.83 Å². The Morgan fingerprint density at radius 1 is 1.06 bits per heavy atom. The number of aromatic nitrogens is 2. The first-order chi connectivity index (χ1) is 15.2. The van der Waals surface area contributed by atoms with E-state index in [1.54, 1.807) is 18.7 Å². The summed E-state index contributed by atoms with van der Waals surface area (Å²) in [6.45, 7) is 3.54. The maximum Gasteiger partial charge on any atom is 0.273 e. The SMILES string of the molecule is CC(c1ccccc1)N(Cc1ccco1)Cc1nc(C(=O)NCc2cccnc2)co1. The predicted molar refractivity (Wildman–Crippen MR) is 115 cm³/mol. The summed E-state index contributed by atoms with van der Waals surface area (Å²) in [4.78, 5) is 23.1. The van der Waals surface area contributed by atoms with E-state index in [0.717, 1.165) is 11.3 Å². The van der Waals surface area contributed by atoms with Crippen molar-refractivity contribution in [3.63, 3.8) is 0 Å². The lowest BCUT2D eigenvalue weighted by atomic mass is 10.1. The standard InChI is InChI=1S/C24H24N4O3/c1-18(20-8-3-2-4-9-20)28(15-21-10-6-12-30-21)16-23-27-22(17-31-23)24(29)26-14-19-7-5-11-25-13-19/h2-13,17-18H,14-16H2,1H3,(H,26,29). The Morgan fingerprint density at radius 3 is 2.68 bits per heavy atom. The zero-order valence-corrected chi connectivity index (χ0v) is 17.3. The van der Waals surface area contributed by atoms with Gasteiger partial charge in [0, 0.05) is 25.0 Å². The Labute approximate surface area is 180 Å². The third kappa shape index (κ3) is 5.46. The Kier molecular flexibility index (Phi) is 6.54. The van der Waals surface area contributed by atoms with Crippen LogP contribution in [0.3, 0.4) is 0 Å². The first-order valence-corrected chi connectivity index (χ1v) is 10.1. The van der Waals surface area contributed by atoms with Gasteiger partial charge < -0.3 is 14.2 Å². The number of pyridine rings is 1. The van der Waals surface area contributed by atoms with Gasteiger partial charge in [-0.25, -0.2) is 4.98 Å². The lowest BCUT2D eigenvalue weighted by molar-refractivity contribution is 0.0945. The molecule has 7 heteroatoms. The van der Waals surface area contributed by atoms with Gasteiger partial charge in [-0.3, -0.25) is 14.7 Å². The van der Waals surface area contributed by atoms with Crippen molar-refractivity contribution in [1.29, 1.82) is 0 Å². The van der Waals surface area contributed by atoms with Gasteiger partial charge >= 0.3 is 0 Å². The van der Waals surface area contributed by atoms with E-state index in [1.807, 2.05) is 42.5 Å². The Hall–Kier alpha value is -3.71. The number of oxazole rings is 1. The van der Waals surface area contributed by atoms with E-state index in [1.165, 1.54) is 11.8 Å². The molecule has 4 rings (SSSR count). The number of nitrogens with one attached hydrogen (secondary N) is 1. The van der Waals surface area contributed by atoms with Crippen LogP contribution in [-0.2, 0) is 19.6 Å². The lowest BCUT2D eigenvalue weighted by Gasteiger charge is -2.27. The van der Waals surface area contributed by atoms with Crippen LogP contribution in [-0.4, -0.2) is 20.8 Å². The van der Waals surface area contributed by atoms with Crippen LogP contribution in [0.2, 0.25) is 0 Å². The van der Waals surface area contributed by atoms with Crippen LogP contribution in [0.15, 0.2) is 88.4 Å². The summed E-state index contributed by atoms with van der Waals surface area (Å²) in [6.07, 6.45) is 6.47. The zero-order chi connectivity index (χ0) is 21.5. The first-order valence-electron chi connectivity index (χ1n) is 10.1. The second-order valence-corrected chi connectivity index (χ2v) is 7.24. The molecule has 3 aromatic heterocycles. The molecule has 1 unspecified atom stereocenters. The highest BCUT2D eigenvalue weighted by Crippen LogP contribution is 2.24. The Balaban J connectivity index is 1.44. The molecule has 7 nitrogen and oxygen atoms in total. The maximum atomic E-state index is 12.4. The third-order valence-electron chi connectivity index (χ3n) is 5.07. The number of hydrogen-bond acceptors (Lipinski definition) is 6. The first kappa shape index (κ1) is 20.6. The molecule has 0 aliphatic carbocycles. The average Bonchev–Trinajstić information content (AvgIpc) is 3.50. The molecule has 31 heavy (non-hydrogen) atoms. The minimum Gasteiger partial charge on any atom is -0.468 e. The number of carbonyl (C=O) groups excluding carboxylic acids is 1. The molecule has 0 bridgehead atoms. The molecule has 3 heterocycles. The largest absolute Gasteiger partial charge is 0.468 e. The summed E-state index contributed by atoms with van der Waals surface area (Å²) >= 11 is 0. The fourth-order valence-electron chi connectivity index (χ4n) is 3.31. The predicted octanol–water partition coefficient (Wildman–Crippen LogP) is 4.36. The molecule has 0 aliphatic rings. The van der Waals surface area contributed by atoms with Gasteiger partial charge in [0.2, 0.25) is 5.89 Å². The normalized spacial score (nSPS) is 12.1. The van der Waals surface area contributed by atoms with Gasteiger partial charge in [-0.15, -0.1) is 0 Å². The minimum atomic E-state index is -0.285. The van der Waals surface area contributed by atoms with Crippen molar-refractivity contribution in [2.24, 2.45) is 0 Å². The number of amides is 1. The number of furan rings is 1. The summed E-state index contributed by atoms with van der Waals surface area (Å²) in [6, 6.07) is 17.9. The number of nitrogens with zero attached hydrogens (tertiary/aromatic N) is 3. The highest BCUT2D eigenvalue weighted by atomic mass is 16.3. The summed E-state index contributed by atoms with van der Waals surface area (Å²) < 4.78 is 11.2. The molecular formula is C24H24N4O3. The van der Waals surface area contributed by atoms with Gasteiger partial charge in [0.1, 0.15) is 12.0 Å². The second kappa shape index (κ2) is 9.86. The lowest BCUT2D eigenvalue weighted by Crippen LogP contribution is -2.26. The van der Waals surface area contributed by atoms with E-state index in [2.05, 4.69) is 39.2 Å². The summed E-state index contributed by atoms with van der Waals surface area (Å²) in [5.74, 6) is 1.04. The molecule has 1 N–H and O–H groups in total. The van der Waals surface area contributed by atoms with Crippen molar-refractivity contribution in [3.05, 3.63) is 108 Å². The van der Waals surface area contributed by atoms with Crippen LogP contribution in [0.5, 0.6) is 0 Å². The molecule has 1 atom stereocenters. The van der Waals surface area contributed by atoms with Crippen molar-refractivity contribution in [3.8, 4) is 0 Å². The number of carbonyl (C=O) groups is 1. The fourth-order valence-corrected chi connectivity index (χ4v) is 3.31. The summed E-state index contributed by atoms with van der Waals surface area (Å²) in [5, 5.41) is 2.84. The van der Waals surface area contributed by atoms with Gasteiger partial charge in [0.15, 0.2) is 5.69 Å². The second-order valence-electron chi connectivity index (χ2n) is 7.24. The van der Waals surface area contributed by atoms with Gasteiger partial charge in [0.25, 0.3) is 5.91 Å². The highest BCUT2D eigenvalue weighted by molar-refractivity contribution is 5.91. The van der Waals surface area contributed by atoms with E-state index in [0.29, 0.717) is 25.5 Å². The molecule has 4 aromatic rings. The molecule has 1 amide bonds. The minimum absolute atomic E-state index is 0.0982. The third-order valence-corrected chi connectivity index (χ3v) is 5.07. The van der Waals surface area contributed by atoms with Crippen LogP contribution >= 0.6 is 0 Å². The van der Waals surface area contributed by atoms with E-state index in [9.17, 15) is 4.79 Å². The van der Waals surface area contributed by atoms with Crippen molar-refractivity contribution >= 4 is 5.91 Å². The quantitative estimate of drug-likeness (QED) is 0.437. The topological polar surface area (TPSA) is 84.4 Å². The van der Waals surface area contributed by atoms with Crippen molar-refractivity contribution in [2.45, 2.75) is 32.6 Å². The molecule has 0 fully saturated rings. The van der Waals surface area contributed by atoms with Crippen molar-refractivity contribution < 1.29 is 13.6 Å². The van der Waals surface area contributed by atoms with Gasteiger partial charge in [0.05, 0.1) is 19.4 Å². The highest BCUT2D eigenvalue weighted by Gasteiger charge is 2.21. The Bertz CT molecular complexity index is 1080. The molecule has 158 valence electrons. The van der Waals surface area contributed by atoms with E-state index < -0.39 is 0 Å². The van der Waals surface area contributed by atoms with Crippen LogP contribution < -0.4 is 5.32 Å². The molecule has 0 spiro atoms. The van der Waals surface area contributed by atoms with Crippen LogP contribution in [0.25, 0.3) is 0 Å². The number of benzene rings is 1. The van der Waals surface area contributed by atoms with Gasteiger partial charge in [-0.1, -0.05) is 36.4 Å². The van der Waals surface area contributed by atoms with Gasteiger partial charge in [-0.05, 0) is 36.2 Å². The molecule has 0 saturated carbocycles. The number of hydrogen-bond donors (Lipinski definition) is 1. The number of rotatable bonds is 9. The van der Waals surface area contributed by atoms with E-state index >= 15 is 0 Å². The molecule has 1 aromatic carbocycles. The van der Waals surface area contributed by atoms with E-state index in [-0.39, 0.29) is 17.6 Å². The molecule has 0 aliphatic heterocycles. The van der Waals surface area contributed by atoms with Crippen LogP contribution in [0.4, 0.5) is 0 Å². The van der Waals surface area contributed by atoms with Crippen LogP contribution in [0, 0.1) is 0 Å². The maximum absolute atomic E-state index is 12.4. The molecular weight excluding hydrogens is 392 g/mol. The molecule has 0 saturated heterocycles. The monoisotopic (exact) mass is 416 g/mol. The van der Waals surface area contributed by atoms with Gasteiger partial charge in [-0.2, -0.15) is 0 Å². The Morgan fingerprint density at radius 2 is 1.94 bits per heavy atom. The summed E-state index contributed by atoms with van der Waals surface area (Å²) in [7, 11) is 0. The van der Waals surface area contributed by atoms with Crippen molar-refractivity contribution in [1.82, 2.24) is 20.2 Å². The zero-order valence-electron chi connectivity index (χ0n) is 17.3. The average molecular weight is 416 g/mol. The fraction of sp³-hybridized carbons (Fsp3) is 0.208. The smallest absolute Gasteiger partial charge is 0.273 e. The van der Waals surface area contributed by atoms with Crippen LogP contribution in [0.1, 0.15) is 46.2 Å². The molecule has 0 radical (unpaired) electrons.